The molecular weight excluding hydrogens is 122 g/mol. The Morgan fingerprint density at radius 2 is 2.22 bits per heavy atom. The first-order valence-electron chi connectivity index (χ1n) is 2.99. The van der Waals surface area contributed by atoms with Gasteiger partial charge in [-0.25, -0.2) is 8.78 Å². The molecule has 0 bridgehead atoms. The lowest BCUT2D eigenvalue weighted by molar-refractivity contribution is -0.0128. The number of allylic oxidation sites excluding steroid dienone is 1. The molecule has 0 aliphatic heterocycles. The van der Waals surface area contributed by atoms with Crippen molar-refractivity contribution in [1.29, 1.82) is 0 Å². The van der Waals surface area contributed by atoms with Crippen molar-refractivity contribution in [3.05, 3.63) is 18.6 Å². The zero-order chi connectivity index (χ0) is 6.91. The van der Waals surface area contributed by atoms with Crippen molar-refractivity contribution in [3.8, 4) is 0 Å². The van der Waals surface area contributed by atoms with Crippen LogP contribution in [-0.2, 0) is 0 Å². The number of hydrogen-bond acceptors (Lipinski definition) is 0. The van der Waals surface area contributed by atoms with Gasteiger partial charge >= 0.3 is 0 Å². The van der Waals surface area contributed by atoms with Gasteiger partial charge in [0.1, 0.15) is 0 Å². The standard InChI is InChI=1S/C7H9F2/c1-6-3-2-4-7(8,9)5-6/h3H,1-2,4-5H2. The Hall–Kier alpha value is -0.400. The van der Waals surface area contributed by atoms with E-state index in [2.05, 4.69) is 6.58 Å². The molecule has 1 radical (unpaired) electrons. The molecule has 1 rings (SSSR count). The van der Waals surface area contributed by atoms with Gasteiger partial charge in [-0.2, -0.15) is 0 Å². The van der Waals surface area contributed by atoms with Gasteiger partial charge in [0.15, 0.2) is 0 Å². The third-order valence-electron chi connectivity index (χ3n) is 1.43. The molecule has 0 heterocycles. The molecule has 1 aliphatic rings. The first kappa shape index (κ1) is 6.72. The fourth-order valence-corrected chi connectivity index (χ4v) is 0.980. The zero-order valence-corrected chi connectivity index (χ0v) is 5.16. The lowest BCUT2D eigenvalue weighted by Gasteiger charge is -2.22. The molecule has 1 aliphatic carbocycles. The van der Waals surface area contributed by atoms with Gasteiger partial charge in [0, 0.05) is 12.8 Å². The minimum Gasteiger partial charge on any atom is -0.207 e. The minimum atomic E-state index is -2.48. The Bertz CT molecular complexity index is 127. The second kappa shape index (κ2) is 2.09. The van der Waals surface area contributed by atoms with Crippen LogP contribution in [0.1, 0.15) is 19.3 Å². The maximum Gasteiger partial charge on any atom is 0.251 e. The molecule has 0 N–H and O–H groups in total. The largest absolute Gasteiger partial charge is 0.251 e. The van der Waals surface area contributed by atoms with Gasteiger partial charge in [0.2, 0.25) is 0 Å². The monoisotopic (exact) mass is 131 g/mol. The number of halogens is 2. The molecule has 0 saturated heterocycles. The van der Waals surface area contributed by atoms with Crippen LogP contribution in [0.2, 0.25) is 0 Å². The van der Waals surface area contributed by atoms with Crippen LogP contribution < -0.4 is 0 Å². The van der Waals surface area contributed by atoms with Crippen LogP contribution in [0.5, 0.6) is 0 Å². The summed E-state index contributed by atoms with van der Waals surface area (Å²) in [5, 5.41) is 0. The van der Waals surface area contributed by atoms with Crippen LogP contribution in [0.25, 0.3) is 0 Å². The molecule has 0 nitrogen and oxygen atoms in total. The summed E-state index contributed by atoms with van der Waals surface area (Å²) < 4.78 is 24.7. The molecule has 0 unspecified atom stereocenters. The van der Waals surface area contributed by atoms with Crippen LogP contribution in [0.4, 0.5) is 8.78 Å². The van der Waals surface area contributed by atoms with E-state index in [1.54, 1.807) is 6.42 Å². The van der Waals surface area contributed by atoms with Gasteiger partial charge in [-0.15, -0.1) is 0 Å². The molecule has 0 aromatic rings. The average molecular weight is 131 g/mol. The van der Waals surface area contributed by atoms with Gasteiger partial charge in [-0.05, 0) is 12.8 Å². The van der Waals surface area contributed by atoms with E-state index in [4.69, 9.17) is 0 Å². The summed E-state index contributed by atoms with van der Waals surface area (Å²) in [5.41, 5.74) is 0.575. The van der Waals surface area contributed by atoms with Gasteiger partial charge in [-0.3, -0.25) is 0 Å². The summed E-state index contributed by atoms with van der Waals surface area (Å²) in [6.45, 7) is 3.47. The second-order valence-corrected chi connectivity index (χ2v) is 2.43. The lowest BCUT2D eigenvalue weighted by Crippen LogP contribution is -2.20. The quantitative estimate of drug-likeness (QED) is 0.474. The fourth-order valence-electron chi connectivity index (χ4n) is 0.980. The Kier molecular flexibility index (Phi) is 1.56. The molecule has 51 valence electrons. The molecule has 1 saturated carbocycles. The average Bonchev–Trinajstić information content (AvgIpc) is 1.60. The smallest absolute Gasteiger partial charge is 0.207 e. The third-order valence-corrected chi connectivity index (χ3v) is 1.43. The van der Waals surface area contributed by atoms with Crippen molar-refractivity contribution in [1.82, 2.24) is 0 Å². The molecular formula is C7H9F2. The van der Waals surface area contributed by atoms with E-state index in [-0.39, 0.29) is 12.8 Å². The Morgan fingerprint density at radius 1 is 1.56 bits per heavy atom. The molecule has 0 atom stereocenters. The van der Waals surface area contributed by atoms with E-state index in [0.717, 1.165) is 0 Å². The van der Waals surface area contributed by atoms with Crippen LogP contribution in [0.15, 0.2) is 12.2 Å². The highest BCUT2D eigenvalue weighted by molar-refractivity contribution is 5.13. The second-order valence-electron chi connectivity index (χ2n) is 2.43. The predicted octanol–water partition coefficient (Wildman–Crippen LogP) is 2.57. The van der Waals surface area contributed by atoms with Crippen LogP contribution in [0.3, 0.4) is 0 Å². The first-order chi connectivity index (χ1) is 4.10. The fraction of sp³-hybridized carbons (Fsp3) is 0.571. The topological polar surface area (TPSA) is 0 Å². The number of rotatable bonds is 0. The zero-order valence-electron chi connectivity index (χ0n) is 5.16. The molecule has 1 fully saturated rings. The summed E-state index contributed by atoms with van der Waals surface area (Å²) in [6, 6.07) is 0. The number of alkyl halides is 2. The molecule has 0 spiro atoms. The predicted molar refractivity (Wildman–Crippen MR) is 32.2 cm³/mol. The Morgan fingerprint density at radius 3 is 2.56 bits per heavy atom. The molecule has 2 heteroatoms. The normalized spacial score (nSPS) is 26.2. The molecule has 9 heavy (non-hydrogen) atoms. The van der Waals surface area contributed by atoms with E-state index in [0.29, 0.717) is 12.0 Å². The Labute approximate surface area is 53.6 Å². The van der Waals surface area contributed by atoms with Crippen LogP contribution >= 0.6 is 0 Å². The summed E-state index contributed by atoms with van der Waals surface area (Å²) in [6.07, 6.45) is 2.10. The highest BCUT2D eigenvalue weighted by Crippen LogP contribution is 2.34. The summed E-state index contributed by atoms with van der Waals surface area (Å²) in [4.78, 5) is 0. The van der Waals surface area contributed by atoms with Crippen molar-refractivity contribution >= 4 is 0 Å². The van der Waals surface area contributed by atoms with Gasteiger partial charge in [0.05, 0.1) is 0 Å². The summed E-state index contributed by atoms with van der Waals surface area (Å²) >= 11 is 0. The highest BCUT2D eigenvalue weighted by atomic mass is 19.3. The van der Waals surface area contributed by atoms with Crippen molar-refractivity contribution in [2.24, 2.45) is 0 Å². The highest BCUT2D eigenvalue weighted by Gasteiger charge is 2.32. The van der Waals surface area contributed by atoms with Crippen LogP contribution in [-0.4, -0.2) is 5.92 Å². The maximum absolute atomic E-state index is 12.4. The van der Waals surface area contributed by atoms with E-state index >= 15 is 0 Å². The molecule has 0 amide bonds. The van der Waals surface area contributed by atoms with E-state index in [9.17, 15) is 8.78 Å². The molecule has 0 aromatic heterocycles. The van der Waals surface area contributed by atoms with Gasteiger partial charge in [-0.1, -0.05) is 12.2 Å². The Balaban J connectivity index is 2.51. The van der Waals surface area contributed by atoms with Crippen LogP contribution in [0, 0.1) is 6.42 Å². The van der Waals surface area contributed by atoms with E-state index in [1.165, 1.54) is 0 Å². The van der Waals surface area contributed by atoms with Crippen molar-refractivity contribution < 1.29 is 8.78 Å². The van der Waals surface area contributed by atoms with Crippen molar-refractivity contribution in [3.63, 3.8) is 0 Å². The third kappa shape index (κ3) is 1.77. The summed E-state index contributed by atoms with van der Waals surface area (Å²) in [7, 11) is 0. The molecule has 0 aromatic carbocycles. The first-order valence-corrected chi connectivity index (χ1v) is 2.99. The van der Waals surface area contributed by atoms with Crippen molar-refractivity contribution in [2.45, 2.75) is 25.2 Å². The minimum absolute atomic E-state index is 0.00792. The lowest BCUT2D eigenvalue weighted by atomic mass is 9.93. The SMILES string of the molecule is C=C1[CH]CCC(F)(F)C1. The van der Waals surface area contributed by atoms with E-state index in [1.807, 2.05) is 0 Å². The van der Waals surface area contributed by atoms with Gasteiger partial charge in [0.25, 0.3) is 5.92 Å². The summed E-state index contributed by atoms with van der Waals surface area (Å²) in [5.74, 6) is -2.48. The van der Waals surface area contributed by atoms with Crippen molar-refractivity contribution in [2.75, 3.05) is 0 Å². The number of hydrogen-bond donors (Lipinski definition) is 0. The van der Waals surface area contributed by atoms with Gasteiger partial charge < -0.3 is 0 Å². The van der Waals surface area contributed by atoms with E-state index < -0.39 is 5.92 Å². The maximum atomic E-state index is 12.4.